The first kappa shape index (κ1) is 29.8. The van der Waals surface area contributed by atoms with Gasteiger partial charge >= 0.3 is 0 Å². The molecule has 10 heteroatoms. The van der Waals surface area contributed by atoms with Gasteiger partial charge in [-0.15, -0.1) is 0 Å². The van der Waals surface area contributed by atoms with Gasteiger partial charge in [-0.2, -0.15) is 0 Å². The predicted molar refractivity (Wildman–Crippen MR) is 171 cm³/mol. The third kappa shape index (κ3) is 5.79. The SMILES string of the molecule is CC[C@H](N)C(=O)N1CCCC1c1ncc(-c2ccc(-c3ccc(-c4cnc(C5CCCN5C(=O)[C@@H](N)CC)[nH]4)cc3)cc2)[nH]1. The second-order valence-corrected chi connectivity index (χ2v) is 11.9. The van der Waals surface area contributed by atoms with E-state index >= 15 is 0 Å². The molecular formula is C34H42N8O2. The molecule has 230 valence electrons. The summed E-state index contributed by atoms with van der Waals surface area (Å²) in [6.45, 7) is 5.31. The minimum atomic E-state index is -0.464. The van der Waals surface area contributed by atoms with Crippen LogP contribution in [-0.4, -0.2) is 66.7 Å². The summed E-state index contributed by atoms with van der Waals surface area (Å²) in [6.07, 6.45) is 8.62. The van der Waals surface area contributed by atoms with Crippen LogP contribution in [0, 0.1) is 0 Å². The van der Waals surface area contributed by atoms with Crippen molar-refractivity contribution in [2.24, 2.45) is 11.5 Å². The van der Waals surface area contributed by atoms with E-state index < -0.39 is 12.1 Å². The van der Waals surface area contributed by atoms with E-state index in [1.165, 1.54) is 0 Å². The molecule has 2 aliphatic heterocycles. The van der Waals surface area contributed by atoms with Crippen molar-refractivity contribution in [1.82, 2.24) is 29.7 Å². The van der Waals surface area contributed by atoms with E-state index in [-0.39, 0.29) is 23.9 Å². The molecule has 2 amide bonds. The molecule has 4 aromatic rings. The fraction of sp³-hybridized carbons (Fsp3) is 0.412. The van der Waals surface area contributed by atoms with Crippen LogP contribution in [0.4, 0.5) is 0 Å². The van der Waals surface area contributed by atoms with Crippen LogP contribution >= 0.6 is 0 Å². The zero-order valence-corrected chi connectivity index (χ0v) is 25.5. The molecule has 10 nitrogen and oxygen atoms in total. The fourth-order valence-electron chi connectivity index (χ4n) is 6.39. The first-order valence-electron chi connectivity index (χ1n) is 15.8. The molecule has 4 atom stereocenters. The Balaban J connectivity index is 1.12. The van der Waals surface area contributed by atoms with Crippen LogP contribution in [0.15, 0.2) is 60.9 Å². The smallest absolute Gasteiger partial charge is 0.240 e. The molecule has 2 aliphatic rings. The molecule has 0 aliphatic carbocycles. The molecule has 0 bridgehead atoms. The minimum absolute atomic E-state index is 0.000786. The van der Waals surface area contributed by atoms with Gasteiger partial charge < -0.3 is 31.2 Å². The van der Waals surface area contributed by atoms with Crippen LogP contribution in [0.2, 0.25) is 0 Å². The number of carbonyl (C=O) groups is 2. The third-order valence-electron chi connectivity index (χ3n) is 9.13. The van der Waals surface area contributed by atoms with Crippen LogP contribution in [0.1, 0.15) is 76.1 Å². The van der Waals surface area contributed by atoms with E-state index in [1.807, 2.05) is 36.0 Å². The Labute approximate surface area is 258 Å². The summed E-state index contributed by atoms with van der Waals surface area (Å²) in [5.41, 5.74) is 18.2. The van der Waals surface area contributed by atoms with Crippen molar-refractivity contribution < 1.29 is 9.59 Å². The molecule has 6 N–H and O–H groups in total. The standard InChI is InChI=1S/C34H42N8O2/c1-3-25(35)33(43)41-17-5-7-29(41)31-37-19-27(39-31)23-13-9-21(10-14-23)22-11-15-24(16-12-22)28-20-38-32(40-28)30-8-6-18-42(30)34(44)26(36)4-2/h9-16,19-20,25-26,29-30H,3-8,17-18,35-36H2,1-2H3,(H,37,39)(H,38,40)/t25-,26-,29?,30?/m0/s1. The van der Waals surface area contributed by atoms with Gasteiger partial charge in [-0.25, -0.2) is 9.97 Å². The summed E-state index contributed by atoms with van der Waals surface area (Å²) in [5, 5.41) is 0. The monoisotopic (exact) mass is 594 g/mol. The zero-order valence-electron chi connectivity index (χ0n) is 25.5. The van der Waals surface area contributed by atoms with Gasteiger partial charge in [0.2, 0.25) is 11.8 Å². The van der Waals surface area contributed by atoms with Crippen molar-refractivity contribution in [2.75, 3.05) is 13.1 Å². The number of nitrogens with two attached hydrogens (primary N) is 2. The van der Waals surface area contributed by atoms with E-state index in [1.54, 1.807) is 0 Å². The van der Waals surface area contributed by atoms with Gasteiger partial charge in [0.25, 0.3) is 0 Å². The number of carbonyl (C=O) groups excluding carboxylic acids is 2. The maximum Gasteiger partial charge on any atom is 0.240 e. The van der Waals surface area contributed by atoms with Gasteiger partial charge in [0.1, 0.15) is 11.6 Å². The van der Waals surface area contributed by atoms with E-state index in [0.29, 0.717) is 12.8 Å². The minimum Gasteiger partial charge on any atom is -0.340 e. The number of benzene rings is 2. The highest BCUT2D eigenvalue weighted by molar-refractivity contribution is 5.83. The van der Waals surface area contributed by atoms with E-state index in [4.69, 9.17) is 11.5 Å². The molecule has 44 heavy (non-hydrogen) atoms. The summed E-state index contributed by atoms with van der Waals surface area (Å²) >= 11 is 0. The number of H-pyrrole nitrogens is 2. The molecule has 4 heterocycles. The number of nitrogens with zero attached hydrogens (tertiary/aromatic N) is 4. The summed E-state index contributed by atoms with van der Waals surface area (Å²) in [5.74, 6) is 1.63. The quantitative estimate of drug-likeness (QED) is 0.216. The van der Waals surface area contributed by atoms with E-state index in [0.717, 1.165) is 84.1 Å². The molecule has 2 aromatic heterocycles. The maximum atomic E-state index is 12.8. The Morgan fingerprint density at radius 3 is 1.43 bits per heavy atom. The normalized spacial score (nSPS) is 19.8. The van der Waals surface area contributed by atoms with Gasteiger partial charge in [0, 0.05) is 13.1 Å². The van der Waals surface area contributed by atoms with Gasteiger partial charge in [0.05, 0.1) is 47.9 Å². The first-order chi connectivity index (χ1) is 21.4. The summed E-state index contributed by atoms with van der Waals surface area (Å²) in [7, 11) is 0. The number of aromatic nitrogens is 4. The third-order valence-corrected chi connectivity index (χ3v) is 9.13. The largest absolute Gasteiger partial charge is 0.340 e. The molecule has 2 unspecified atom stereocenters. The van der Waals surface area contributed by atoms with Gasteiger partial charge in [0.15, 0.2) is 0 Å². The second-order valence-electron chi connectivity index (χ2n) is 11.9. The lowest BCUT2D eigenvalue weighted by Crippen LogP contribution is -2.43. The predicted octanol–water partition coefficient (Wildman–Crippen LogP) is 4.94. The van der Waals surface area contributed by atoms with Crippen LogP contribution in [0.25, 0.3) is 33.6 Å². The lowest BCUT2D eigenvalue weighted by molar-refractivity contribution is -0.134. The van der Waals surface area contributed by atoms with Gasteiger partial charge in [-0.3, -0.25) is 9.59 Å². The van der Waals surface area contributed by atoms with E-state index in [2.05, 4.69) is 68.5 Å². The number of imidazole rings is 2. The van der Waals surface area contributed by atoms with Crippen LogP contribution in [0.3, 0.4) is 0 Å². The highest BCUT2D eigenvalue weighted by Gasteiger charge is 2.35. The molecule has 2 aromatic carbocycles. The Morgan fingerprint density at radius 1 is 0.705 bits per heavy atom. The maximum absolute atomic E-state index is 12.8. The molecular weight excluding hydrogens is 552 g/mol. The highest BCUT2D eigenvalue weighted by Crippen LogP contribution is 2.34. The summed E-state index contributed by atoms with van der Waals surface area (Å²) < 4.78 is 0. The zero-order chi connectivity index (χ0) is 30.8. The second kappa shape index (κ2) is 12.8. The number of hydrogen-bond acceptors (Lipinski definition) is 6. The number of amides is 2. The van der Waals surface area contributed by atoms with E-state index in [9.17, 15) is 9.59 Å². The van der Waals surface area contributed by atoms with Crippen LogP contribution < -0.4 is 11.5 Å². The Kier molecular flexibility index (Phi) is 8.63. The average molecular weight is 595 g/mol. The van der Waals surface area contributed by atoms with Gasteiger partial charge in [-0.05, 0) is 60.8 Å². The molecule has 0 spiro atoms. The number of rotatable bonds is 9. The number of nitrogens with one attached hydrogen (secondary N) is 2. The average Bonchev–Trinajstić information content (AvgIpc) is 3.89. The Bertz CT molecular complexity index is 1470. The van der Waals surface area contributed by atoms with Crippen molar-refractivity contribution in [1.29, 1.82) is 0 Å². The summed E-state index contributed by atoms with van der Waals surface area (Å²) in [4.78, 5) is 45.5. The van der Waals surface area contributed by atoms with Gasteiger partial charge in [-0.1, -0.05) is 62.4 Å². The van der Waals surface area contributed by atoms with Crippen molar-refractivity contribution >= 4 is 11.8 Å². The molecule has 6 rings (SSSR count). The highest BCUT2D eigenvalue weighted by atomic mass is 16.2. The number of aromatic amines is 2. The summed E-state index contributed by atoms with van der Waals surface area (Å²) in [6, 6.07) is 15.7. The molecule has 2 fully saturated rings. The van der Waals surface area contributed by atoms with Crippen molar-refractivity contribution in [2.45, 2.75) is 76.5 Å². The van der Waals surface area contributed by atoms with Crippen molar-refractivity contribution in [3.63, 3.8) is 0 Å². The first-order valence-corrected chi connectivity index (χ1v) is 15.8. The molecule has 0 radical (unpaired) electrons. The lowest BCUT2D eigenvalue weighted by Gasteiger charge is -2.25. The number of hydrogen-bond donors (Lipinski definition) is 4. The van der Waals surface area contributed by atoms with Crippen LogP contribution in [0.5, 0.6) is 0 Å². The number of likely N-dealkylation sites (tertiary alicyclic amines) is 2. The molecule has 2 saturated heterocycles. The van der Waals surface area contributed by atoms with Crippen molar-refractivity contribution in [3.8, 4) is 33.6 Å². The Hall–Kier alpha value is -4.28. The molecule has 0 saturated carbocycles. The van der Waals surface area contributed by atoms with Crippen molar-refractivity contribution in [3.05, 3.63) is 72.6 Å². The lowest BCUT2D eigenvalue weighted by atomic mass is 10.0. The topological polar surface area (TPSA) is 150 Å². The fourth-order valence-corrected chi connectivity index (χ4v) is 6.39. The Morgan fingerprint density at radius 2 is 1.07 bits per heavy atom. The van der Waals surface area contributed by atoms with Crippen LogP contribution in [-0.2, 0) is 9.59 Å².